The van der Waals surface area contributed by atoms with E-state index in [2.05, 4.69) is 0 Å². The van der Waals surface area contributed by atoms with Gasteiger partial charge in [-0.2, -0.15) is 0 Å². The van der Waals surface area contributed by atoms with Gasteiger partial charge < -0.3 is 19.7 Å². The second-order valence-electron chi connectivity index (χ2n) is 7.01. The molecule has 2 aliphatic carbocycles. The molecule has 2 aliphatic rings. The second-order valence-corrected chi connectivity index (χ2v) is 7.01. The maximum absolute atomic E-state index is 12.1. The minimum absolute atomic E-state index is 0.155. The predicted octanol–water partition coefficient (Wildman–Crippen LogP) is 1.85. The number of carbonyl (C=O) groups is 4. The van der Waals surface area contributed by atoms with E-state index < -0.39 is 47.5 Å². The fourth-order valence-electron chi connectivity index (χ4n) is 3.92. The Balaban J connectivity index is 1.75. The van der Waals surface area contributed by atoms with Crippen LogP contribution in [0.2, 0.25) is 0 Å². The topological polar surface area (TPSA) is 127 Å². The molecule has 4 atom stereocenters. The third-order valence-corrected chi connectivity index (χ3v) is 5.34. The highest BCUT2D eigenvalue weighted by atomic mass is 16.6. The van der Waals surface area contributed by atoms with Gasteiger partial charge in [0.05, 0.1) is 23.7 Å². The molecule has 0 spiro atoms. The first-order valence-corrected chi connectivity index (χ1v) is 9.20. The Bertz CT molecular complexity index is 495. The van der Waals surface area contributed by atoms with E-state index in [4.69, 9.17) is 9.47 Å². The van der Waals surface area contributed by atoms with E-state index in [1.807, 2.05) is 0 Å². The number of rotatable bonds is 7. The Morgan fingerprint density at radius 1 is 0.615 bits per heavy atom. The van der Waals surface area contributed by atoms with Crippen molar-refractivity contribution >= 4 is 23.9 Å². The standard InChI is InChI=1S/C18H26O8/c19-15(20)11-5-1-3-7-13(11)17(23)25-9-10-26-18(24)14-8-4-2-6-12(14)16(21)22/h11-14H,1-10H2,(H,19,20)(H,21,22)/t11-,12-,13-,14+/m1/s1. The molecule has 0 aromatic heterocycles. The molecule has 2 fully saturated rings. The largest absolute Gasteiger partial charge is 0.481 e. The van der Waals surface area contributed by atoms with Gasteiger partial charge in [-0.05, 0) is 25.7 Å². The van der Waals surface area contributed by atoms with Gasteiger partial charge in [-0.3, -0.25) is 19.2 Å². The third-order valence-electron chi connectivity index (χ3n) is 5.34. The van der Waals surface area contributed by atoms with Crippen molar-refractivity contribution in [1.82, 2.24) is 0 Å². The molecular formula is C18H26O8. The Labute approximate surface area is 151 Å². The number of carbonyl (C=O) groups excluding carboxylic acids is 2. The maximum Gasteiger partial charge on any atom is 0.309 e. The van der Waals surface area contributed by atoms with Crippen LogP contribution in [0.25, 0.3) is 0 Å². The summed E-state index contributed by atoms with van der Waals surface area (Å²) >= 11 is 0. The summed E-state index contributed by atoms with van der Waals surface area (Å²) in [6, 6.07) is 0. The molecule has 0 aromatic carbocycles. The molecule has 0 saturated heterocycles. The lowest BCUT2D eigenvalue weighted by atomic mass is 9.79. The van der Waals surface area contributed by atoms with Crippen LogP contribution in [0, 0.1) is 23.7 Å². The van der Waals surface area contributed by atoms with E-state index in [9.17, 15) is 29.4 Å². The lowest BCUT2D eigenvalue weighted by molar-refractivity contribution is -0.165. The Morgan fingerprint density at radius 2 is 0.923 bits per heavy atom. The van der Waals surface area contributed by atoms with Crippen molar-refractivity contribution in [3.8, 4) is 0 Å². The van der Waals surface area contributed by atoms with Gasteiger partial charge in [0.25, 0.3) is 0 Å². The first-order chi connectivity index (χ1) is 12.4. The maximum atomic E-state index is 12.1. The van der Waals surface area contributed by atoms with Gasteiger partial charge in [-0.1, -0.05) is 25.7 Å². The summed E-state index contributed by atoms with van der Waals surface area (Å²) in [7, 11) is 0. The number of aliphatic carboxylic acids is 2. The zero-order valence-corrected chi connectivity index (χ0v) is 14.7. The first-order valence-electron chi connectivity index (χ1n) is 9.20. The molecule has 2 saturated carbocycles. The van der Waals surface area contributed by atoms with Crippen LogP contribution < -0.4 is 0 Å². The highest BCUT2D eigenvalue weighted by Crippen LogP contribution is 2.32. The van der Waals surface area contributed by atoms with Crippen LogP contribution in [-0.4, -0.2) is 47.3 Å². The quantitative estimate of drug-likeness (QED) is 0.513. The number of ether oxygens (including phenoxy) is 2. The summed E-state index contributed by atoms with van der Waals surface area (Å²) < 4.78 is 10.2. The predicted molar refractivity (Wildman–Crippen MR) is 88.1 cm³/mol. The minimum atomic E-state index is -0.991. The smallest absolute Gasteiger partial charge is 0.309 e. The molecule has 0 bridgehead atoms. The van der Waals surface area contributed by atoms with Crippen molar-refractivity contribution in [3.63, 3.8) is 0 Å². The summed E-state index contributed by atoms with van der Waals surface area (Å²) in [6.07, 6.45) is 5.03. The molecule has 0 unspecified atom stereocenters. The Hall–Kier alpha value is -2.12. The van der Waals surface area contributed by atoms with Crippen LogP contribution in [0.1, 0.15) is 51.4 Å². The van der Waals surface area contributed by atoms with Gasteiger partial charge in [0.2, 0.25) is 0 Å². The fourth-order valence-corrected chi connectivity index (χ4v) is 3.92. The van der Waals surface area contributed by atoms with E-state index in [1.165, 1.54) is 0 Å². The highest BCUT2D eigenvalue weighted by molar-refractivity contribution is 5.82. The van der Waals surface area contributed by atoms with E-state index >= 15 is 0 Å². The number of hydrogen-bond acceptors (Lipinski definition) is 6. The molecule has 0 heterocycles. The van der Waals surface area contributed by atoms with E-state index in [0.717, 1.165) is 25.7 Å². The lowest BCUT2D eigenvalue weighted by Gasteiger charge is -2.27. The molecular weight excluding hydrogens is 344 g/mol. The molecule has 0 aliphatic heterocycles. The number of carboxylic acids is 2. The highest BCUT2D eigenvalue weighted by Gasteiger charge is 2.38. The molecule has 26 heavy (non-hydrogen) atoms. The molecule has 0 radical (unpaired) electrons. The van der Waals surface area contributed by atoms with Crippen molar-refractivity contribution in [2.45, 2.75) is 51.4 Å². The van der Waals surface area contributed by atoms with Gasteiger partial charge in [-0.15, -0.1) is 0 Å². The van der Waals surface area contributed by atoms with Crippen LogP contribution in [0.3, 0.4) is 0 Å². The summed E-state index contributed by atoms with van der Waals surface area (Å²) in [4.78, 5) is 46.6. The minimum Gasteiger partial charge on any atom is -0.481 e. The molecule has 2 rings (SSSR count). The van der Waals surface area contributed by atoms with Crippen LogP contribution in [0.15, 0.2) is 0 Å². The fraction of sp³-hybridized carbons (Fsp3) is 0.778. The van der Waals surface area contributed by atoms with Crippen molar-refractivity contribution in [2.24, 2.45) is 23.7 Å². The summed E-state index contributed by atoms with van der Waals surface area (Å²) in [5.41, 5.74) is 0. The van der Waals surface area contributed by atoms with Gasteiger partial charge in [-0.25, -0.2) is 0 Å². The molecule has 0 aromatic rings. The average Bonchev–Trinajstić information content (AvgIpc) is 2.64. The Morgan fingerprint density at radius 3 is 1.23 bits per heavy atom. The van der Waals surface area contributed by atoms with E-state index in [0.29, 0.717) is 25.7 Å². The van der Waals surface area contributed by atoms with Crippen molar-refractivity contribution in [3.05, 3.63) is 0 Å². The number of carboxylic acid groups (broad SMARTS) is 2. The van der Waals surface area contributed by atoms with Crippen molar-refractivity contribution < 1.29 is 38.9 Å². The van der Waals surface area contributed by atoms with Gasteiger partial charge >= 0.3 is 23.9 Å². The van der Waals surface area contributed by atoms with Gasteiger partial charge in [0.1, 0.15) is 13.2 Å². The summed E-state index contributed by atoms with van der Waals surface area (Å²) in [5.74, 6) is -5.90. The Kier molecular flexibility index (Phi) is 7.41. The van der Waals surface area contributed by atoms with Gasteiger partial charge in [0, 0.05) is 0 Å². The molecule has 8 nitrogen and oxygen atoms in total. The van der Waals surface area contributed by atoms with Crippen LogP contribution in [0.5, 0.6) is 0 Å². The number of esters is 2. The lowest BCUT2D eigenvalue weighted by Crippen LogP contribution is -2.35. The zero-order chi connectivity index (χ0) is 19.1. The molecule has 0 amide bonds. The summed E-state index contributed by atoms with van der Waals surface area (Å²) in [6.45, 7) is -0.310. The number of hydrogen-bond donors (Lipinski definition) is 2. The molecule has 2 N–H and O–H groups in total. The third kappa shape index (κ3) is 5.19. The van der Waals surface area contributed by atoms with Crippen LogP contribution >= 0.6 is 0 Å². The van der Waals surface area contributed by atoms with Gasteiger partial charge in [0.15, 0.2) is 0 Å². The van der Waals surface area contributed by atoms with Crippen molar-refractivity contribution in [2.75, 3.05) is 13.2 Å². The first kappa shape index (κ1) is 20.2. The normalized spacial score (nSPS) is 28.8. The summed E-state index contributed by atoms with van der Waals surface area (Å²) in [5, 5.41) is 18.4. The monoisotopic (exact) mass is 370 g/mol. The van der Waals surface area contributed by atoms with Crippen LogP contribution in [-0.2, 0) is 28.7 Å². The van der Waals surface area contributed by atoms with E-state index in [-0.39, 0.29) is 13.2 Å². The molecule has 8 heteroatoms. The van der Waals surface area contributed by atoms with E-state index in [1.54, 1.807) is 0 Å². The SMILES string of the molecule is O=C(OCCOC(=O)[C@@H]1CCCC[C@H]1C(=O)O)[C@H]1CCCC[C@H]1C(=O)O. The molecule has 146 valence electrons. The average molecular weight is 370 g/mol. The second kappa shape index (κ2) is 9.54. The van der Waals surface area contributed by atoms with Crippen molar-refractivity contribution in [1.29, 1.82) is 0 Å². The van der Waals surface area contributed by atoms with Crippen LogP contribution in [0.4, 0.5) is 0 Å². The zero-order valence-electron chi connectivity index (χ0n) is 14.7.